The third-order valence-electron chi connectivity index (χ3n) is 3.25. The molecule has 1 aromatic heterocycles. The van der Waals surface area contributed by atoms with Gasteiger partial charge < -0.3 is 15.8 Å². The molecule has 8 heteroatoms. The van der Waals surface area contributed by atoms with Crippen molar-refractivity contribution in [1.82, 2.24) is 4.98 Å². The van der Waals surface area contributed by atoms with Crippen molar-refractivity contribution in [2.75, 3.05) is 29.2 Å². The van der Waals surface area contributed by atoms with Gasteiger partial charge in [-0.15, -0.1) is 0 Å². The third-order valence-corrected chi connectivity index (χ3v) is 5.07. The van der Waals surface area contributed by atoms with Crippen LogP contribution in [0.1, 0.15) is 30.1 Å². The van der Waals surface area contributed by atoms with Crippen LogP contribution in [0.4, 0.5) is 11.5 Å². The van der Waals surface area contributed by atoms with Gasteiger partial charge in [0.1, 0.15) is 5.82 Å². The number of sulfone groups is 1. The number of ether oxygens (including phenoxy) is 1. The zero-order chi connectivity index (χ0) is 15.5. The van der Waals surface area contributed by atoms with Crippen LogP contribution < -0.4 is 11.1 Å². The largest absolute Gasteiger partial charge is 0.462 e. The number of nitrogens with two attached hydrogens (primary N) is 1. The number of anilines is 2. The van der Waals surface area contributed by atoms with E-state index in [1.165, 1.54) is 12.3 Å². The van der Waals surface area contributed by atoms with Crippen molar-refractivity contribution in [3.05, 3.63) is 17.8 Å². The third kappa shape index (κ3) is 4.07. The Bertz CT molecular complexity index is 630. The lowest BCUT2D eigenvalue weighted by Gasteiger charge is -2.23. The number of rotatable bonds is 4. The highest BCUT2D eigenvalue weighted by molar-refractivity contribution is 7.91. The second-order valence-electron chi connectivity index (χ2n) is 4.98. The molecule has 21 heavy (non-hydrogen) atoms. The zero-order valence-corrected chi connectivity index (χ0v) is 12.6. The summed E-state index contributed by atoms with van der Waals surface area (Å²) in [5, 5.41) is 3.05. The Hall–Kier alpha value is -1.83. The Labute approximate surface area is 123 Å². The van der Waals surface area contributed by atoms with Crippen LogP contribution in [0.5, 0.6) is 0 Å². The first-order valence-electron chi connectivity index (χ1n) is 6.81. The molecule has 0 aromatic carbocycles. The minimum absolute atomic E-state index is 0.0772. The van der Waals surface area contributed by atoms with Crippen LogP contribution >= 0.6 is 0 Å². The van der Waals surface area contributed by atoms with E-state index in [0.717, 1.165) is 6.42 Å². The Morgan fingerprint density at radius 2 is 2.33 bits per heavy atom. The van der Waals surface area contributed by atoms with Crippen LogP contribution in [0.2, 0.25) is 0 Å². The molecular formula is C13H19N3O4S. The number of nitrogens with zero attached hydrogens (tertiary/aromatic N) is 1. The summed E-state index contributed by atoms with van der Waals surface area (Å²) >= 11 is 0. The second kappa shape index (κ2) is 6.30. The van der Waals surface area contributed by atoms with Crippen LogP contribution in [0.3, 0.4) is 0 Å². The number of hydrogen-bond acceptors (Lipinski definition) is 7. The minimum Gasteiger partial charge on any atom is -0.462 e. The number of aromatic nitrogens is 1. The molecule has 7 nitrogen and oxygen atoms in total. The molecule has 116 valence electrons. The number of hydrogen-bond donors (Lipinski definition) is 2. The van der Waals surface area contributed by atoms with Gasteiger partial charge >= 0.3 is 5.97 Å². The molecular weight excluding hydrogens is 294 g/mol. The Morgan fingerprint density at radius 3 is 3.00 bits per heavy atom. The Balaban J connectivity index is 2.14. The van der Waals surface area contributed by atoms with Crippen molar-refractivity contribution in [3.63, 3.8) is 0 Å². The summed E-state index contributed by atoms with van der Waals surface area (Å²) in [6.45, 7) is 1.96. The summed E-state index contributed by atoms with van der Waals surface area (Å²) in [5.41, 5.74) is 6.17. The number of nitrogens with one attached hydrogen (secondary N) is 1. The Kier molecular flexibility index (Phi) is 4.66. The predicted molar refractivity (Wildman–Crippen MR) is 79.9 cm³/mol. The molecule has 1 aliphatic rings. The molecule has 2 heterocycles. The van der Waals surface area contributed by atoms with Gasteiger partial charge in [0, 0.05) is 6.04 Å². The van der Waals surface area contributed by atoms with Gasteiger partial charge in [0.25, 0.3) is 0 Å². The summed E-state index contributed by atoms with van der Waals surface area (Å²) < 4.78 is 28.1. The van der Waals surface area contributed by atoms with Gasteiger partial charge in [0.2, 0.25) is 0 Å². The van der Waals surface area contributed by atoms with E-state index in [-0.39, 0.29) is 35.4 Å². The molecule has 0 spiro atoms. The monoisotopic (exact) mass is 313 g/mol. The quantitative estimate of drug-likeness (QED) is 0.792. The van der Waals surface area contributed by atoms with Gasteiger partial charge in [-0.1, -0.05) is 0 Å². The maximum atomic E-state index is 11.8. The highest BCUT2D eigenvalue weighted by Gasteiger charge is 2.25. The maximum absolute atomic E-state index is 11.8. The van der Waals surface area contributed by atoms with E-state index < -0.39 is 15.8 Å². The van der Waals surface area contributed by atoms with Crippen LogP contribution in [0.15, 0.2) is 12.3 Å². The average Bonchev–Trinajstić information content (AvgIpc) is 2.40. The fraction of sp³-hybridized carbons (Fsp3) is 0.538. The molecule has 1 unspecified atom stereocenters. The molecule has 0 saturated carbocycles. The molecule has 1 fully saturated rings. The van der Waals surface area contributed by atoms with Gasteiger partial charge in [0.05, 0.1) is 35.6 Å². The predicted octanol–water partition coefficient (Wildman–Crippen LogP) is 0.830. The summed E-state index contributed by atoms with van der Waals surface area (Å²) in [6, 6.07) is 1.30. The molecule has 0 bridgehead atoms. The lowest BCUT2D eigenvalue weighted by molar-refractivity contribution is 0.0527. The van der Waals surface area contributed by atoms with Crippen molar-refractivity contribution in [2.45, 2.75) is 25.8 Å². The van der Waals surface area contributed by atoms with E-state index in [9.17, 15) is 13.2 Å². The molecule has 1 saturated heterocycles. The summed E-state index contributed by atoms with van der Waals surface area (Å²) in [6.07, 6.45) is 2.74. The smallest absolute Gasteiger partial charge is 0.340 e. The van der Waals surface area contributed by atoms with Gasteiger partial charge in [-0.3, -0.25) is 0 Å². The fourth-order valence-corrected chi connectivity index (χ4v) is 3.91. The number of nitrogen functional groups attached to an aromatic ring is 1. The average molecular weight is 313 g/mol. The SMILES string of the molecule is CCOC(=O)c1cc(NC2CCCS(=O)(=O)C2)ncc1N. The lowest BCUT2D eigenvalue weighted by Crippen LogP contribution is -2.35. The van der Waals surface area contributed by atoms with Crippen molar-refractivity contribution in [3.8, 4) is 0 Å². The van der Waals surface area contributed by atoms with Gasteiger partial charge in [-0.25, -0.2) is 18.2 Å². The summed E-state index contributed by atoms with van der Waals surface area (Å²) in [5.74, 6) is 0.216. The first kappa shape index (κ1) is 15.6. The highest BCUT2D eigenvalue weighted by atomic mass is 32.2. The molecule has 0 radical (unpaired) electrons. The van der Waals surface area contributed by atoms with Crippen LogP contribution in [0, 0.1) is 0 Å². The number of pyridine rings is 1. The lowest BCUT2D eigenvalue weighted by atomic mass is 10.1. The number of carbonyl (C=O) groups is 1. The van der Waals surface area contributed by atoms with Gasteiger partial charge in [-0.05, 0) is 25.8 Å². The fourth-order valence-electron chi connectivity index (χ4n) is 2.28. The van der Waals surface area contributed by atoms with Gasteiger partial charge in [-0.2, -0.15) is 0 Å². The normalized spacial score (nSPS) is 20.7. The van der Waals surface area contributed by atoms with E-state index in [2.05, 4.69) is 10.3 Å². The first-order valence-corrected chi connectivity index (χ1v) is 8.63. The van der Waals surface area contributed by atoms with E-state index in [0.29, 0.717) is 12.2 Å². The van der Waals surface area contributed by atoms with Crippen LogP contribution in [-0.2, 0) is 14.6 Å². The molecule has 1 aromatic rings. The molecule has 2 rings (SSSR count). The van der Waals surface area contributed by atoms with Crippen molar-refractivity contribution in [1.29, 1.82) is 0 Å². The standard InChI is InChI=1S/C13H19N3O4S/c1-2-20-13(17)10-6-12(15-7-11(10)14)16-9-4-3-5-21(18,19)8-9/h6-7,9H,2-5,8,14H2,1H3,(H,15,16). The number of carbonyl (C=O) groups excluding carboxylic acids is 1. The molecule has 1 aliphatic heterocycles. The second-order valence-corrected chi connectivity index (χ2v) is 7.20. The molecule has 3 N–H and O–H groups in total. The summed E-state index contributed by atoms with van der Waals surface area (Å²) in [7, 11) is -3.00. The topological polar surface area (TPSA) is 111 Å². The van der Waals surface area contributed by atoms with Crippen molar-refractivity contribution >= 4 is 27.3 Å². The van der Waals surface area contributed by atoms with Crippen molar-refractivity contribution in [2.24, 2.45) is 0 Å². The number of esters is 1. The van der Waals surface area contributed by atoms with E-state index in [4.69, 9.17) is 10.5 Å². The Morgan fingerprint density at radius 1 is 1.57 bits per heavy atom. The molecule has 0 aliphatic carbocycles. The maximum Gasteiger partial charge on any atom is 0.340 e. The van der Waals surface area contributed by atoms with Crippen LogP contribution in [-0.4, -0.2) is 43.5 Å². The highest BCUT2D eigenvalue weighted by Crippen LogP contribution is 2.20. The zero-order valence-electron chi connectivity index (χ0n) is 11.8. The van der Waals surface area contributed by atoms with Crippen LogP contribution in [0.25, 0.3) is 0 Å². The molecule has 1 atom stereocenters. The van der Waals surface area contributed by atoms with E-state index in [1.54, 1.807) is 6.92 Å². The van der Waals surface area contributed by atoms with Gasteiger partial charge in [0.15, 0.2) is 9.84 Å². The first-order chi connectivity index (χ1) is 9.91. The summed E-state index contributed by atoms with van der Waals surface area (Å²) in [4.78, 5) is 15.8. The van der Waals surface area contributed by atoms with E-state index >= 15 is 0 Å². The minimum atomic E-state index is -3.00. The van der Waals surface area contributed by atoms with Crippen molar-refractivity contribution < 1.29 is 17.9 Å². The van der Waals surface area contributed by atoms with E-state index in [1.807, 2.05) is 0 Å². The molecule has 0 amide bonds.